The van der Waals surface area contributed by atoms with Crippen LogP contribution in [0.2, 0.25) is 0 Å². The van der Waals surface area contributed by atoms with Crippen molar-refractivity contribution < 1.29 is 4.90 Å². The van der Waals surface area contributed by atoms with Crippen molar-refractivity contribution in [3.8, 4) is 0 Å². The van der Waals surface area contributed by atoms with Gasteiger partial charge < -0.3 is 4.90 Å². The van der Waals surface area contributed by atoms with E-state index in [9.17, 15) is 0 Å². The lowest BCUT2D eigenvalue weighted by Crippen LogP contribution is -3.06. The third-order valence-electron chi connectivity index (χ3n) is 0.612. The second-order valence-electron chi connectivity index (χ2n) is 1.68. The highest BCUT2D eigenvalue weighted by Gasteiger charge is 1.83. The Morgan fingerprint density at radius 3 is 2.00 bits per heavy atom. The summed E-state index contributed by atoms with van der Waals surface area (Å²) in [5.74, 6) is 0.988. The number of thiol groups is 1. The quantitative estimate of drug-likeness (QED) is 0.419. The SMILES string of the molecule is C[NH+](C)CCS. The van der Waals surface area contributed by atoms with Gasteiger partial charge in [-0.05, 0) is 0 Å². The molecule has 1 N–H and O–H groups in total. The Balaban J connectivity index is 2.63. The maximum absolute atomic E-state index is 4.04. The predicted molar refractivity (Wildman–Crippen MR) is 31.5 cm³/mol. The van der Waals surface area contributed by atoms with Crippen LogP contribution in [0.3, 0.4) is 0 Å². The zero-order valence-electron chi connectivity index (χ0n) is 4.36. The van der Waals surface area contributed by atoms with Crippen molar-refractivity contribution in [2.45, 2.75) is 0 Å². The second-order valence-corrected chi connectivity index (χ2v) is 2.13. The Labute approximate surface area is 44.7 Å². The first-order valence-electron chi connectivity index (χ1n) is 2.17. The van der Waals surface area contributed by atoms with Gasteiger partial charge in [0.1, 0.15) is 0 Å². The van der Waals surface area contributed by atoms with E-state index in [1.165, 1.54) is 4.90 Å². The fourth-order valence-electron chi connectivity index (χ4n) is 0.224. The highest BCUT2D eigenvalue weighted by molar-refractivity contribution is 7.80. The van der Waals surface area contributed by atoms with Crippen molar-refractivity contribution in [3.63, 3.8) is 0 Å². The van der Waals surface area contributed by atoms with E-state index in [2.05, 4.69) is 26.7 Å². The van der Waals surface area contributed by atoms with Crippen LogP contribution in [-0.4, -0.2) is 26.4 Å². The van der Waals surface area contributed by atoms with Crippen molar-refractivity contribution in [1.29, 1.82) is 0 Å². The molecule has 0 aromatic heterocycles. The molecular weight excluding hydrogens is 94.1 g/mol. The number of rotatable bonds is 2. The van der Waals surface area contributed by atoms with Crippen LogP contribution < -0.4 is 4.90 Å². The monoisotopic (exact) mass is 106 g/mol. The van der Waals surface area contributed by atoms with E-state index in [-0.39, 0.29) is 0 Å². The molecule has 0 unspecified atom stereocenters. The van der Waals surface area contributed by atoms with E-state index in [1.807, 2.05) is 0 Å². The molecule has 0 aliphatic heterocycles. The third-order valence-corrected chi connectivity index (χ3v) is 0.835. The van der Waals surface area contributed by atoms with Crippen molar-refractivity contribution in [1.82, 2.24) is 0 Å². The maximum Gasteiger partial charge on any atom is 0.0856 e. The van der Waals surface area contributed by atoms with Crippen LogP contribution in [0.5, 0.6) is 0 Å². The molecule has 0 radical (unpaired) electrons. The van der Waals surface area contributed by atoms with E-state index in [0.29, 0.717) is 0 Å². The Morgan fingerprint density at radius 1 is 1.50 bits per heavy atom. The lowest BCUT2D eigenvalue weighted by molar-refractivity contribution is -0.855. The number of hydrogen-bond acceptors (Lipinski definition) is 1. The van der Waals surface area contributed by atoms with Gasteiger partial charge in [-0.1, -0.05) is 0 Å². The van der Waals surface area contributed by atoms with E-state index >= 15 is 0 Å². The minimum absolute atomic E-state index is 0.988. The minimum atomic E-state index is 0.988. The van der Waals surface area contributed by atoms with Gasteiger partial charge in [-0.25, -0.2) is 0 Å². The molecule has 0 amide bonds. The molecule has 0 bridgehead atoms. The normalized spacial score (nSPS) is 10.0. The average Bonchev–Trinajstić information content (AvgIpc) is 1.35. The molecule has 0 spiro atoms. The standard InChI is InChI=1S/C4H11NS/c1-5(2)3-4-6/h6H,3-4H2,1-2H3/p+1. The maximum atomic E-state index is 4.04. The zero-order chi connectivity index (χ0) is 4.99. The fourth-order valence-corrected chi connectivity index (χ4v) is 0.671. The highest BCUT2D eigenvalue weighted by atomic mass is 32.1. The highest BCUT2D eigenvalue weighted by Crippen LogP contribution is 1.59. The lowest BCUT2D eigenvalue weighted by atomic mass is 10.7. The summed E-state index contributed by atoms with van der Waals surface area (Å²) in [5.41, 5.74) is 0. The molecule has 0 aliphatic carbocycles. The van der Waals surface area contributed by atoms with Crippen LogP contribution in [0.25, 0.3) is 0 Å². The molecule has 0 rings (SSSR count). The van der Waals surface area contributed by atoms with Gasteiger partial charge in [0.2, 0.25) is 0 Å². The molecule has 0 atom stereocenters. The van der Waals surface area contributed by atoms with Gasteiger partial charge in [0, 0.05) is 5.75 Å². The Bertz CT molecular complexity index is 28.7. The predicted octanol–water partition coefficient (Wildman–Crippen LogP) is -0.939. The molecular formula is C4H12NS+. The first kappa shape index (κ1) is 6.31. The smallest absolute Gasteiger partial charge is 0.0856 e. The van der Waals surface area contributed by atoms with Gasteiger partial charge in [0.15, 0.2) is 0 Å². The molecule has 0 heterocycles. The lowest BCUT2D eigenvalue weighted by Gasteiger charge is -2.01. The van der Waals surface area contributed by atoms with Gasteiger partial charge in [-0.2, -0.15) is 12.6 Å². The summed E-state index contributed by atoms with van der Waals surface area (Å²) < 4.78 is 0. The van der Waals surface area contributed by atoms with Crippen LogP contribution >= 0.6 is 12.6 Å². The van der Waals surface area contributed by atoms with E-state index in [1.54, 1.807) is 0 Å². The van der Waals surface area contributed by atoms with Crippen LogP contribution in [-0.2, 0) is 0 Å². The van der Waals surface area contributed by atoms with Crippen LogP contribution in [0, 0.1) is 0 Å². The number of quaternary nitrogens is 1. The Morgan fingerprint density at radius 2 is 2.00 bits per heavy atom. The van der Waals surface area contributed by atoms with Crippen molar-refractivity contribution >= 4 is 12.6 Å². The first-order chi connectivity index (χ1) is 2.77. The summed E-state index contributed by atoms with van der Waals surface area (Å²) >= 11 is 4.04. The van der Waals surface area contributed by atoms with Crippen molar-refractivity contribution in [3.05, 3.63) is 0 Å². The molecule has 38 valence electrons. The molecule has 0 saturated carbocycles. The Hall–Kier alpha value is 0.310. The molecule has 0 aromatic rings. The fraction of sp³-hybridized carbons (Fsp3) is 1.00. The molecule has 0 aliphatic rings. The van der Waals surface area contributed by atoms with Gasteiger partial charge in [-0.3, -0.25) is 0 Å². The first-order valence-corrected chi connectivity index (χ1v) is 2.80. The number of hydrogen-bond donors (Lipinski definition) is 2. The topological polar surface area (TPSA) is 4.44 Å². The Kier molecular flexibility index (Phi) is 3.68. The number of nitrogens with one attached hydrogen (secondary N) is 1. The van der Waals surface area contributed by atoms with Crippen LogP contribution in [0.4, 0.5) is 0 Å². The average molecular weight is 106 g/mol. The zero-order valence-corrected chi connectivity index (χ0v) is 5.26. The molecule has 0 saturated heterocycles. The molecule has 1 nitrogen and oxygen atoms in total. The summed E-state index contributed by atoms with van der Waals surface area (Å²) in [6.45, 7) is 1.16. The van der Waals surface area contributed by atoms with Gasteiger partial charge >= 0.3 is 0 Å². The second kappa shape index (κ2) is 3.50. The summed E-state index contributed by atoms with van der Waals surface area (Å²) in [7, 11) is 4.24. The summed E-state index contributed by atoms with van der Waals surface area (Å²) in [4.78, 5) is 1.46. The largest absolute Gasteiger partial charge is 0.339 e. The summed E-state index contributed by atoms with van der Waals surface area (Å²) in [6.07, 6.45) is 0. The molecule has 6 heavy (non-hydrogen) atoms. The van der Waals surface area contributed by atoms with Crippen molar-refractivity contribution in [2.24, 2.45) is 0 Å². The van der Waals surface area contributed by atoms with Gasteiger partial charge in [0.25, 0.3) is 0 Å². The molecule has 0 aromatic carbocycles. The van der Waals surface area contributed by atoms with E-state index in [4.69, 9.17) is 0 Å². The van der Waals surface area contributed by atoms with Crippen molar-refractivity contribution in [2.75, 3.05) is 26.4 Å². The van der Waals surface area contributed by atoms with Crippen LogP contribution in [0.15, 0.2) is 0 Å². The van der Waals surface area contributed by atoms with Gasteiger partial charge in [-0.15, -0.1) is 0 Å². The van der Waals surface area contributed by atoms with Gasteiger partial charge in [0.05, 0.1) is 20.6 Å². The summed E-state index contributed by atoms with van der Waals surface area (Å²) in [5, 5.41) is 0. The minimum Gasteiger partial charge on any atom is -0.339 e. The third kappa shape index (κ3) is 4.31. The van der Waals surface area contributed by atoms with Crippen LogP contribution in [0.1, 0.15) is 0 Å². The molecule has 0 fully saturated rings. The van der Waals surface area contributed by atoms with E-state index < -0.39 is 0 Å². The molecule has 2 heteroatoms. The van der Waals surface area contributed by atoms with E-state index in [0.717, 1.165) is 12.3 Å². The summed E-state index contributed by atoms with van der Waals surface area (Å²) in [6, 6.07) is 0.